The number of methoxy groups -OCH3 is 1. The number of fused-ring (bicyclic) bond motifs is 1. The van der Waals surface area contributed by atoms with Crippen LogP contribution in [-0.2, 0) is 40.2 Å². The summed E-state index contributed by atoms with van der Waals surface area (Å²) < 4.78 is 14.2. The number of esters is 3. The first kappa shape index (κ1) is 33.2. The third-order valence-electron chi connectivity index (χ3n) is 5.58. The fourth-order valence-electron chi connectivity index (χ4n) is 3.35. The van der Waals surface area contributed by atoms with E-state index in [1.54, 1.807) is 25.1 Å². The van der Waals surface area contributed by atoms with Crippen molar-refractivity contribution in [3.63, 3.8) is 0 Å². The zero-order valence-corrected chi connectivity index (χ0v) is 23.1. The molecule has 0 fully saturated rings. The molecule has 0 radical (unpaired) electrons. The molecule has 13 nitrogen and oxygen atoms in total. The van der Waals surface area contributed by atoms with E-state index < -0.39 is 55.5 Å². The molecule has 222 valence electrons. The van der Waals surface area contributed by atoms with E-state index in [1.807, 2.05) is 6.92 Å². The minimum atomic E-state index is -2.23. The SMILES string of the molecule is CCSc1ccc2c(COOCC(O)CC)c(O)ccc2c1C(=O)OCC(O)COC(=O)C(O)C(O)C(=O)OC. The van der Waals surface area contributed by atoms with Crippen LogP contribution in [0.2, 0.25) is 0 Å². The van der Waals surface area contributed by atoms with Crippen LogP contribution in [0.1, 0.15) is 36.2 Å². The molecule has 0 amide bonds. The summed E-state index contributed by atoms with van der Waals surface area (Å²) >= 11 is 1.37. The fourth-order valence-corrected chi connectivity index (χ4v) is 4.17. The van der Waals surface area contributed by atoms with Gasteiger partial charge in [0.1, 0.15) is 38.3 Å². The van der Waals surface area contributed by atoms with Crippen LogP contribution in [0.5, 0.6) is 5.75 Å². The zero-order valence-electron chi connectivity index (χ0n) is 22.3. The van der Waals surface area contributed by atoms with Crippen molar-refractivity contribution < 1.29 is 63.9 Å². The molecular weight excluding hydrogens is 552 g/mol. The number of ether oxygens (including phenoxy) is 3. The number of aliphatic hydroxyl groups is 4. The van der Waals surface area contributed by atoms with Gasteiger partial charge < -0.3 is 39.7 Å². The Morgan fingerprint density at radius 3 is 2.12 bits per heavy atom. The molecule has 4 atom stereocenters. The number of phenolic OH excluding ortho intramolecular Hbond substituents is 1. The fraction of sp³-hybridized carbons (Fsp3) is 0.500. The van der Waals surface area contributed by atoms with Crippen molar-refractivity contribution in [2.45, 2.75) is 56.2 Å². The summed E-state index contributed by atoms with van der Waals surface area (Å²) in [5, 5.41) is 50.2. The molecule has 2 aromatic carbocycles. The molecule has 0 spiro atoms. The minimum absolute atomic E-state index is 0.0562. The summed E-state index contributed by atoms with van der Waals surface area (Å²) in [6, 6.07) is 6.33. The van der Waals surface area contributed by atoms with Crippen molar-refractivity contribution in [2.75, 3.05) is 32.7 Å². The number of carbonyl (C=O) groups is 3. The van der Waals surface area contributed by atoms with E-state index in [2.05, 4.69) is 9.47 Å². The van der Waals surface area contributed by atoms with Crippen LogP contribution in [0.15, 0.2) is 29.2 Å². The average Bonchev–Trinajstić information content (AvgIpc) is 2.96. The van der Waals surface area contributed by atoms with Gasteiger partial charge in [0.25, 0.3) is 0 Å². The lowest BCUT2D eigenvalue weighted by Crippen LogP contribution is -2.42. The quantitative estimate of drug-likeness (QED) is 0.0463. The molecule has 0 aliphatic heterocycles. The van der Waals surface area contributed by atoms with Crippen molar-refractivity contribution in [1.82, 2.24) is 0 Å². The molecule has 0 bridgehead atoms. The van der Waals surface area contributed by atoms with Crippen molar-refractivity contribution in [2.24, 2.45) is 0 Å². The number of aromatic hydroxyl groups is 1. The Labute approximate surface area is 234 Å². The summed E-state index contributed by atoms with van der Waals surface area (Å²) in [7, 11) is 0.953. The topological polar surface area (TPSA) is 199 Å². The number of aliphatic hydroxyl groups excluding tert-OH is 4. The van der Waals surface area contributed by atoms with Gasteiger partial charge in [0.05, 0.1) is 18.8 Å². The van der Waals surface area contributed by atoms with Gasteiger partial charge in [-0.1, -0.05) is 19.9 Å². The van der Waals surface area contributed by atoms with Crippen molar-refractivity contribution in [3.05, 3.63) is 35.4 Å². The predicted molar refractivity (Wildman–Crippen MR) is 140 cm³/mol. The molecule has 0 aliphatic carbocycles. The van der Waals surface area contributed by atoms with Crippen LogP contribution in [0.4, 0.5) is 0 Å². The Kier molecular flexibility index (Phi) is 13.6. The Balaban J connectivity index is 2.14. The lowest BCUT2D eigenvalue weighted by Gasteiger charge is -2.18. The first-order chi connectivity index (χ1) is 19.0. The van der Waals surface area contributed by atoms with Gasteiger partial charge in [0.15, 0.2) is 12.2 Å². The number of benzene rings is 2. The summed E-state index contributed by atoms with van der Waals surface area (Å²) in [6.45, 7) is 2.16. The van der Waals surface area contributed by atoms with Gasteiger partial charge in [-0.3, -0.25) is 0 Å². The van der Waals surface area contributed by atoms with Gasteiger partial charge in [0, 0.05) is 10.5 Å². The number of thioether (sulfide) groups is 1. The number of rotatable bonds is 16. The normalized spacial score (nSPS) is 14.3. The monoisotopic (exact) mass is 586 g/mol. The standard InChI is InChI=1S/C26H34O13S/c1-4-14(27)12-38-39-13-18-16-7-9-20(40-5-2)21(17(16)6-8-19(18)29)24(32)36-10-15(28)11-37-26(34)23(31)22(30)25(33)35-3/h6-9,14-15,22-23,27-31H,4-5,10-13H2,1-3H3. The van der Waals surface area contributed by atoms with E-state index in [-0.39, 0.29) is 24.5 Å². The van der Waals surface area contributed by atoms with Crippen LogP contribution in [0.3, 0.4) is 0 Å². The van der Waals surface area contributed by atoms with Gasteiger partial charge in [-0.2, -0.15) is 0 Å². The zero-order chi connectivity index (χ0) is 29.8. The molecule has 0 aliphatic rings. The van der Waals surface area contributed by atoms with Crippen LogP contribution >= 0.6 is 11.8 Å². The van der Waals surface area contributed by atoms with Gasteiger partial charge in [-0.15, -0.1) is 11.8 Å². The third kappa shape index (κ3) is 9.02. The van der Waals surface area contributed by atoms with Gasteiger partial charge in [-0.25, -0.2) is 24.2 Å². The molecule has 0 saturated heterocycles. The lowest BCUT2D eigenvalue weighted by molar-refractivity contribution is -0.313. The molecule has 40 heavy (non-hydrogen) atoms. The summed E-state index contributed by atoms with van der Waals surface area (Å²) in [6.07, 6.45) is -6.12. The minimum Gasteiger partial charge on any atom is -0.508 e. The third-order valence-corrected chi connectivity index (χ3v) is 6.52. The second-order valence-corrected chi connectivity index (χ2v) is 9.74. The van der Waals surface area contributed by atoms with E-state index in [4.69, 9.17) is 14.5 Å². The van der Waals surface area contributed by atoms with Gasteiger partial charge in [-0.05, 0) is 41.1 Å². The second-order valence-electron chi connectivity index (χ2n) is 8.43. The molecule has 5 N–H and O–H groups in total. The molecule has 0 aromatic heterocycles. The molecule has 2 rings (SSSR count). The first-order valence-corrected chi connectivity index (χ1v) is 13.3. The highest BCUT2D eigenvalue weighted by atomic mass is 32.2. The summed E-state index contributed by atoms with van der Waals surface area (Å²) in [5.41, 5.74) is 0.513. The maximum atomic E-state index is 13.1. The van der Waals surface area contributed by atoms with E-state index in [0.29, 0.717) is 33.4 Å². The van der Waals surface area contributed by atoms with Gasteiger partial charge in [0.2, 0.25) is 0 Å². The summed E-state index contributed by atoms with van der Waals surface area (Å²) in [4.78, 5) is 46.9. The Morgan fingerprint density at radius 2 is 1.48 bits per heavy atom. The highest BCUT2D eigenvalue weighted by molar-refractivity contribution is 7.99. The number of carbonyl (C=O) groups excluding carboxylic acids is 3. The first-order valence-electron chi connectivity index (χ1n) is 12.3. The molecular formula is C26H34O13S. The van der Waals surface area contributed by atoms with E-state index in [9.17, 15) is 39.9 Å². The molecule has 4 unspecified atom stereocenters. The van der Waals surface area contributed by atoms with Crippen molar-refractivity contribution in [3.8, 4) is 5.75 Å². The molecule has 0 heterocycles. The molecule has 14 heteroatoms. The number of hydrogen-bond donors (Lipinski definition) is 5. The largest absolute Gasteiger partial charge is 0.508 e. The van der Waals surface area contributed by atoms with Crippen molar-refractivity contribution >= 4 is 40.4 Å². The highest BCUT2D eigenvalue weighted by Gasteiger charge is 2.33. The number of phenols is 1. The molecule has 2 aromatic rings. The van der Waals surface area contributed by atoms with Crippen LogP contribution in [0, 0.1) is 0 Å². The Hall–Kier alpha value is -2.98. The van der Waals surface area contributed by atoms with E-state index in [1.165, 1.54) is 17.8 Å². The van der Waals surface area contributed by atoms with Crippen LogP contribution < -0.4 is 0 Å². The predicted octanol–water partition coefficient (Wildman–Crippen LogP) is 0.832. The second kappa shape index (κ2) is 16.3. The van der Waals surface area contributed by atoms with E-state index >= 15 is 0 Å². The van der Waals surface area contributed by atoms with E-state index in [0.717, 1.165) is 7.11 Å². The summed E-state index contributed by atoms with van der Waals surface area (Å²) in [5.74, 6) is -2.90. The van der Waals surface area contributed by atoms with Crippen LogP contribution in [0.25, 0.3) is 10.8 Å². The highest BCUT2D eigenvalue weighted by Crippen LogP contribution is 2.35. The average molecular weight is 587 g/mol. The molecule has 0 saturated carbocycles. The van der Waals surface area contributed by atoms with Crippen LogP contribution in [-0.4, -0.2) is 101 Å². The lowest BCUT2D eigenvalue weighted by atomic mass is 9.99. The van der Waals surface area contributed by atoms with Crippen molar-refractivity contribution in [1.29, 1.82) is 0 Å². The Morgan fingerprint density at radius 1 is 0.825 bits per heavy atom. The Bertz CT molecular complexity index is 1160. The maximum absolute atomic E-state index is 13.1. The van der Waals surface area contributed by atoms with Gasteiger partial charge >= 0.3 is 17.9 Å². The number of hydrogen-bond acceptors (Lipinski definition) is 14. The maximum Gasteiger partial charge on any atom is 0.340 e. The smallest absolute Gasteiger partial charge is 0.340 e.